The number of pyridine rings is 3. The maximum atomic E-state index is 12.8. The summed E-state index contributed by atoms with van der Waals surface area (Å²) >= 11 is 0. The molecule has 0 unspecified atom stereocenters. The summed E-state index contributed by atoms with van der Waals surface area (Å²) in [6, 6.07) is 9.51. The number of aromatic carboxylic acids is 1. The fraction of sp³-hybridized carbons (Fsp3) is 0.382. The fourth-order valence-corrected chi connectivity index (χ4v) is 8.78. The molecule has 0 amide bonds. The summed E-state index contributed by atoms with van der Waals surface area (Å²) in [5.41, 5.74) is 5.35. The lowest BCUT2D eigenvalue weighted by molar-refractivity contribution is -0.0638. The Hall–Kier alpha value is -4.53. The topological polar surface area (TPSA) is 111 Å². The maximum Gasteiger partial charge on any atom is 0.337 e. The highest BCUT2D eigenvalue weighted by molar-refractivity contribution is 6.08. The van der Waals surface area contributed by atoms with Crippen LogP contribution in [0.2, 0.25) is 0 Å². The summed E-state index contributed by atoms with van der Waals surface area (Å²) in [7, 11) is 0. The number of carboxylic acids is 1. The third-order valence-electron chi connectivity index (χ3n) is 10.2. The van der Waals surface area contributed by atoms with Crippen molar-refractivity contribution in [2.24, 2.45) is 23.2 Å². The molecular weight excluding hydrogens is 538 g/mol. The van der Waals surface area contributed by atoms with Gasteiger partial charge in [-0.15, -0.1) is 0 Å². The van der Waals surface area contributed by atoms with Crippen LogP contribution in [0, 0.1) is 37.0 Å². The highest BCUT2D eigenvalue weighted by Gasteiger charge is 2.51. The molecule has 4 saturated carbocycles. The minimum atomic E-state index is -0.974. The minimum absolute atomic E-state index is 0.249. The molecule has 9 nitrogen and oxygen atoms in total. The molecule has 0 saturated heterocycles. The first-order chi connectivity index (χ1) is 20.9. The molecule has 9 rings (SSSR count). The number of nitrogens with zero attached hydrogens (tertiary/aromatic N) is 6. The Kier molecular flexibility index (Phi) is 5.93. The molecule has 43 heavy (non-hydrogen) atoms. The van der Waals surface area contributed by atoms with E-state index in [1.165, 1.54) is 38.5 Å². The van der Waals surface area contributed by atoms with E-state index in [2.05, 4.69) is 26.9 Å². The van der Waals surface area contributed by atoms with Crippen LogP contribution in [0.1, 0.15) is 60.1 Å². The summed E-state index contributed by atoms with van der Waals surface area (Å²) in [4.78, 5) is 26.5. The molecule has 218 valence electrons. The van der Waals surface area contributed by atoms with Crippen molar-refractivity contribution in [3.8, 4) is 16.8 Å². The van der Waals surface area contributed by atoms with Crippen molar-refractivity contribution in [3.05, 3.63) is 78.1 Å². The van der Waals surface area contributed by atoms with E-state index in [1.807, 2.05) is 54.2 Å². The second-order valence-electron chi connectivity index (χ2n) is 13.2. The Morgan fingerprint density at radius 1 is 0.977 bits per heavy atom. The standard InChI is InChI=1S/C34H35N7O2/c1-20-9-25(16-36-31(20)39-29-5-3-4-7-35-29)40-8-6-26-30(33(42)43)28(17-37-32(26)40)27-18-38-41(21(27)2)19-34-13-22-10-23(14-34)12-24(11-22)15-34/h3-9,16-18,22-24H,10-15,19H2,1-2H3,(H,42,43)(H,35,36,39). The van der Waals surface area contributed by atoms with Gasteiger partial charge in [0.25, 0.3) is 0 Å². The Labute approximate surface area is 250 Å². The Balaban J connectivity index is 1.12. The Morgan fingerprint density at radius 2 is 1.74 bits per heavy atom. The zero-order valence-electron chi connectivity index (χ0n) is 24.5. The van der Waals surface area contributed by atoms with E-state index in [-0.39, 0.29) is 5.56 Å². The van der Waals surface area contributed by atoms with E-state index in [9.17, 15) is 9.90 Å². The molecule has 4 aliphatic rings. The van der Waals surface area contributed by atoms with Crippen LogP contribution in [0.25, 0.3) is 27.8 Å². The number of aromatic nitrogens is 6. The predicted molar refractivity (Wildman–Crippen MR) is 165 cm³/mol. The van der Waals surface area contributed by atoms with Gasteiger partial charge in [-0.3, -0.25) is 9.25 Å². The van der Waals surface area contributed by atoms with E-state index < -0.39 is 5.97 Å². The smallest absolute Gasteiger partial charge is 0.337 e. The zero-order valence-corrected chi connectivity index (χ0v) is 24.5. The summed E-state index contributed by atoms with van der Waals surface area (Å²) in [6.07, 6.45) is 17.0. The van der Waals surface area contributed by atoms with Crippen LogP contribution < -0.4 is 5.32 Å². The highest BCUT2D eigenvalue weighted by atomic mass is 16.4. The normalized spacial score (nSPS) is 24.1. The lowest BCUT2D eigenvalue weighted by Gasteiger charge is -2.56. The van der Waals surface area contributed by atoms with Crippen LogP contribution in [0.3, 0.4) is 0 Å². The predicted octanol–water partition coefficient (Wildman–Crippen LogP) is 6.95. The van der Waals surface area contributed by atoms with E-state index in [1.54, 1.807) is 18.6 Å². The first-order valence-electron chi connectivity index (χ1n) is 15.3. The largest absolute Gasteiger partial charge is 0.478 e. The van der Waals surface area contributed by atoms with Gasteiger partial charge in [-0.05, 0) is 105 Å². The number of fused-ring (bicyclic) bond motifs is 1. The van der Waals surface area contributed by atoms with Crippen LogP contribution in [0.5, 0.6) is 0 Å². The van der Waals surface area contributed by atoms with Gasteiger partial charge >= 0.3 is 5.97 Å². The number of rotatable bonds is 7. The number of carbonyl (C=O) groups is 1. The van der Waals surface area contributed by atoms with Crippen molar-refractivity contribution in [3.63, 3.8) is 0 Å². The number of carboxylic acid groups (broad SMARTS) is 1. The van der Waals surface area contributed by atoms with Gasteiger partial charge < -0.3 is 10.4 Å². The summed E-state index contributed by atoms with van der Waals surface area (Å²) in [6.45, 7) is 4.97. The second-order valence-corrected chi connectivity index (χ2v) is 13.2. The molecule has 0 atom stereocenters. The Morgan fingerprint density at radius 3 is 2.42 bits per heavy atom. The molecule has 0 spiro atoms. The highest BCUT2D eigenvalue weighted by Crippen LogP contribution is 2.60. The summed E-state index contributed by atoms with van der Waals surface area (Å²) in [5, 5.41) is 19.1. The molecule has 2 N–H and O–H groups in total. The zero-order chi connectivity index (χ0) is 29.3. The minimum Gasteiger partial charge on any atom is -0.478 e. The van der Waals surface area contributed by atoms with Crippen LogP contribution in [-0.4, -0.2) is 40.4 Å². The first kappa shape index (κ1) is 26.1. The molecular formula is C34H35N7O2. The first-order valence-corrected chi connectivity index (χ1v) is 15.3. The molecule has 0 aromatic carbocycles. The van der Waals surface area contributed by atoms with Crippen LogP contribution in [-0.2, 0) is 6.54 Å². The number of hydrogen-bond acceptors (Lipinski definition) is 6. The molecule has 5 aromatic rings. The van der Waals surface area contributed by atoms with Gasteiger partial charge in [-0.2, -0.15) is 5.10 Å². The average molecular weight is 574 g/mol. The molecule has 0 aliphatic heterocycles. The lowest BCUT2D eigenvalue weighted by Crippen LogP contribution is -2.48. The average Bonchev–Trinajstić information content (AvgIpc) is 3.56. The van der Waals surface area contributed by atoms with Gasteiger partial charge in [0, 0.05) is 47.3 Å². The quantitative estimate of drug-likeness (QED) is 0.217. The molecule has 4 bridgehead atoms. The van der Waals surface area contributed by atoms with Gasteiger partial charge in [0.2, 0.25) is 0 Å². The van der Waals surface area contributed by atoms with Gasteiger partial charge in [0.15, 0.2) is 0 Å². The number of nitrogens with one attached hydrogen (secondary N) is 1. The van der Waals surface area contributed by atoms with Gasteiger partial charge in [-0.1, -0.05) is 6.07 Å². The number of hydrogen-bond donors (Lipinski definition) is 2. The molecule has 0 radical (unpaired) electrons. The number of anilines is 2. The van der Waals surface area contributed by atoms with Crippen molar-refractivity contribution in [2.75, 3.05) is 5.32 Å². The third-order valence-corrected chi connectivity index (χ3v) is 10.2. The van der Waals surface area contributed by atoms with E-state index in [0.717, 1.165) is 46.8 Å². The van der Waals surface area contributed by atoms with E-state index in [0.29, 0.717) is 33.6 Å². The van der Waals surface area contributed by atoms with E-state index >= 15 is 0 Å². The fourth-order valence-electron chi connectivity index (χ4n) is 8.78. The maximum absolute atomic E-state index is 12.8. The lowest BCUT2D eigenvalue weighted by atomic mass is 9.49. The molecule has 4 fully saturated rings. The molecule has 9 heteroatoms. The molecule has 5 heterocycles. The summed E-state index contributed by atoms with van der Waals surface area (Å²) < 4.78 is 4.03. The van der Waals surface area contributed by atoms with Crippen LogP contribution >= 0.6 is 0 Å². The third kappa shape index (κ3) is 4.40. The summed E-state index contributed by atoms with van der Waals surface area (Å²) in [5.74, 6) is 3.09. The van der Waals surface area contributed by atoms with Crippen molar-refractivity contribution in [2.45, 2.75) is 58.9 Å². The van der Waals surface area contributed by atoms with E-state index in [4.69, 9.17) is 10.1 Å². The monoisotopic (exact) mass is 573 g/mol. The second kappa shape index (κ2) is 9.76. The SMILES string of the molecule is Cc1cc(-n2ccc3c(C(=O)O)c(-c4cnn(CC56CC7CC(CC(C7)C5)C6)c4C)cnc32)cnc1Nc1ccccn1. The van der Waals surface area contributed by atoms with Gasteiger partial charge in [0.05, 0.1) is 23.6 Å². The Bertz CT molecular complexity index is 1840. The van der Waals surface area contributed by atoms with Crippen LogP contribution in [0.15, 0.2) is 61.3 Å². The van der Waals surface area contributed by atoms with Crippen LogP contribution in [0.4, 0.5) is 11.6 Å². The van der Waals surface area contributed by atoms with Crippen molar-refractivity contribution >= 4 is 28.6 Å². The molecule has 5 aromatic heterocycles. The van der Waals surface area contributed by atoms with Crippen molar-refractivity contribution < 1.29 is 9.90 Å². The number of aryl methyl sites for hydroxylation is 1. The molecule has 4 aliphatic carbocycles. The van der Waals surface area contributed by atoms with Crippen molar-refractivity contribution in [1.29, 1.82) is 0 Å². The van der Waals surface area contributed by atoms with Gasteiger partial charge in [0.1, 0.15) is 17.3 Å². The van der Waals surface area contributed by atoms with Gasteiger partial charge in [-0.25, -0.2) is 19.7 Å². The van der Waals surface area contributed by atoms with Crippen molar-refractivity contribution in [1.82, 2.24) is 29.3 Å².